The average Bonchev–Trinajstić information content (AvgIpc) is 2.61. The highest BCUT2D eigenvalue weighted by Gasteiger charge is 2.31. The fourth-order valence-corrected chi connectivity index (χ4v) is 2.87. The van der Waals surface area contributed by atoms with Crippen molar-refractivity contribution in [2.24, 2.45) is 0 Å². The molecule has 2 aromatic rings. The summed E-state index contributed by atoms with van der Waals surface area (Å²) in [5, 5.41) is 11.5. The van der Waals surface area contributed by atoms with Gasteiger partial charge in [0.2, 0.25) is 0 Å². The zero-order valence-electron chi connectivity index (χ0n) is 15.6. The van der Waals surface area contributed by atoms with Gasteiger partial charge in [0.15, 0.2) is 0 Å². The first-order valence-electron chi connectivity index (χ1n) is 8.42. The number of rotatable bonds is 6. The van der Waals surface area contributed by atoms with Gasteiger partial charge in [-0.1, -0.05) is 12.1 Å². The summed E-state index contributed by atoms with van der Waals surface area (Å²) in [6, 6.07) is 5.90. The number of nitro benzene ring substituents is 1. The molecule has 0 bridgehead atoms. The molecule has 0 amide bonds. The van der Waals surface area contributed by atoms with Crippen LogP contribution in [0.4, 0.5) is 5.69 Å². The zero-order valence-corrected chi connectivity index (χ0v) is 15.6. The number of para-hydroxylation sites is 1. The van der Waals surface area contributed by atoms with E-state index >= 15 is 0 Å². The first-order valence-corrected chi connectivity index (χ1v) is 8.42. The normalized spacial score (nSPS) is 10.4. The Bertz CT molecular complexity index is 865. The van der Waals surface area contributed by atoms with Gasteiger partial charge in [-0.05, 0) is 33.8 Å². The molecule has 0 atom stereocenters. The topological polar surface area (TPSA) is 109 Å². The molecule has 0 saturated heterocycles. The molecule has 0 aliphatic carbocycles. The van der Waals surface area contributed by atoms with E-state index < -0.39 is 16.9 Å². The van der Waals surface area contributed by atoms with E-state index in [1.54, 1.807) is 33.8 Å². The van der Waals surface area contributed by atoms with Crippen LogP contribution < -0.4 is 0 Å². The minimum Gasteiger partial charge on any atom is -0.462 e. The Morgan fingerprint density at radius 1 is 1.00 bits per heavy atom. The van der Waals surface area contributed by atoms with Gasteiger partial charge >= 0.3 is 11.9 Å². The van der Waals surface area contributed by atoms with Gasteiger partial charge in [-0.3, -0.25) is 15.1 Å². The molecule has 1 aromatic carbocycles. The summed E-state index contributed by atoms with van der Waals surface area (Å²) < 4.78 is 10.2. The predicted molar refractivity (Wildman–Crippen MR) is 97.7 cm³/mol. The van der Waals surface area contributed by atoms with Crippen molar-refractivity contribution in [2.75, 3.05) is 13.2 Å². The number of ether oxygens (including phenoxy) is 2. The molecule has 27 heavy (non-hydrogen) atoms. The molecule has 8 nitrogen and oxygen atoms in total. The monoisotopic (exact) mass is 372 g/mol. The molecule has 1 aromatic heterocycles. The van der Waals surface area contributed by atoms with Crippen LogP contribution in [0.2, 0.25) is 0 Å². The van der Waals surface area contributed by atoms with Gasteiger partial charge in [0.25, 0.3) is 5.69 Å². The lowest BCUT2D eigenvalue weighted by molar-refractivity contribution is -0.384. The quantitative estimate of drug-likeness (QED) is 0.433. The van der Waals surface area contributed by atoms with Crippen molar-refractivity contribution in [3.8, 4) is 11.1 Å². The fourth-order valence-electron chi connectivity index (χ4n) is 2.87. The van der Waals surface area contributed by atoms with Crippen LogP contribution in [0.1, 0.15) is 46.0 Å². The number of hydrogen-bond donors (Lipinski definition) is 0. The number of carbonyl (C=O) groups is 2. The van der Waals surface area contributed by atoms with Crippen LogP contribution in [0.5, 0.6) is 0 Å². The minimum atomic E-state index is -0.707. The lowest BCUT2D eigenvalue weighted by atomic mass is 9.91. The second-order valence-corrected chi connectivity index (χ2v) is 5.62. The first kappa shape index (κ1) is 20.0. The van der Waals surface area contributed by atoms with E-state index in [4.69, 9.17) is 9.47 Å². The Labute approximate surface area is 156 Å². The molecular weight excluding hydrogens is 352 g/mol. The number of nitrogens with zero attached hydrogens (tertiary/aromatic N) is 2. The molecule has 0 aliphatic heterocycles. The van der Waals surface area contributed by atoms with Gasteiger partial charge in [-0.2, -0.15) is 0 Å². The minimum absolute atomic E-state index is 0.0137. The molecule has 0 saturated carbocycles. The van der Waals surface area contributed by atoms with E-state index in [-0.39, 0.29) is 41.2 Å². The summed E-state index contributed by atoms with van der Waals surface area (Å²) in [6.07, 6.45) is 0. The van der Waals surface area contributed by atoms with Crippen LogP contribution in [0.25, 0.3) is 11.1 Å². The maximum Gasteiger partial charge on any atom is 0.340 e. The average molecular weight is 372 g/mol. The van der Waals surface area contributed by atoms with Crippen LogP contribution in [-0.4, -0.2) is 35.1 Å². The number of pyridine rings is 1. The van der Waals surface area contributed by atoms with E-state index in [1.807, 2.05) is 0 Å². The zero-order chi connectivity index (χ0) is 20.1. The first-order chi connectivity index (χ1) is 12.8. The lowest BCUT2D eigenvalue weighted by Crippen LogP contribution is -2.17. The molecule has 0 radical (unpaired) electrons. The lowest BCUT2D eigenvalue weighted by Gasteiger charge is -2.17. The summed E-state index contributed by atoms with van der Waals surface area (Å²) >= 11 is 0. The molecule has 2 rings (SSSR count). The largest absolute Gasteiger partial charge is 0.462 e. The third-order valence-corrected chi connectivity index (χ3v) is 3.89. The number of carbonyl (C=O) groups excluding carboxylic acids is 2. The molecule has 0 N–H and O–H groups in total. The molecule has 0 aliphatic rings. The van der Waals surface area contributed by atoms with Crippen molar-refractivity contribution in [3.05, 3.63) is 56.9 Å². The van der Waals surface area contributed by atoms with Gasteiger partial charge in [0.05, 0.1) is 46.2 Å². The van der Waals surface area contributed by atoms with Crippen LogP contribution in [0.15, 0.2) is 24.3 Å². The van der Waals surface area contributed by atoms with Crippen molar-refractivity contribution >= 4 is 17.6 Å². The summed E-state index contributed by atoms with van der Waals surface area (Å²) in [6.45, 7) is 6.69. The van der Waals surface area contributed by atoms with E-state index in [9.17, 15) is 19.7 Å². The Hall–Kier alpha value is -3.29. The highest BCUT2D eigenvalue weighted by molar-refractivity contribution is 6.08. The van der Waals surface area contributed by atoms with Crippen LogP contribution in [0.3, 0.4) is 0 Å². The highest BCUT2D eigenvalue weighted by Crippen LogP contribution is 2.37. The number of nitro groups is 1. The van der Waals surface area contributed by atoms with Gasteiger partial charge in [0, 0.05) is 11.6 Å². The van der Waals surface area contributed by atoms with Crippen LogP contribution >= 0.6 is 0 Å². The molecule has 0 spiro atoms. The smallest absolute Gasteiger partial charge is 0.340 e. The predicted octanol–water partition coefficient (Wildman–Crippen LogP) is 3.63. The molecule has 1 heterocycles. The SMILES string of the molecule is CCOC(=O)c1c(C)nc(C)c(C(=O)OCC)c1-c1ccccc1[N+](=O)[O-]. The van der Waals surface area contributed by atoms with Crippen molar-refractivity contribution in [3.63, 3.8) is 0 Å². The summed E-state index contributed by atoms with van der Waals surface area (Å²) in [4.78, 5) is 40.4. The maximum atomic E-state index is 12.6. The van der Waals surface area contributed by atoms with E-state index in [0.717, 1.165) is 0 Å². The van der Waals surface area contributed by atoms with Crippen molar-refractivity contribution in [2.45, 2.75) is 27.7 Å². The number of hydrogen-bond acceptors (Lipinski definition) is 7. The summed E-state index contributed by atoms with van der Waals surface area (Å²) in [5.41, 5.74) is 0.643. The van der Waals surface area contributed by atoms with Gasteiger partial charge in [-0.15, -0.1) is 0 Å². The number of esters is 2. The van der Waals surface area contributed by atoms with Gasteiger partial charge in [0.1, 0.15) is 0 Å². The number of aromatic nitrogens is 1. The molecule has 8 heteroatoms. The second kappa shape index (κ2) is 8.39. The summed E-state index contributed by atoms with van der Waals surface area (Å²) in [7, 11) is 0. The third kappa shape index (κ3) is 3.94. The molecule has 0 unspecified atom stereocenters. The maximum absolute atomic E-state index is 12.6. The molecular formula is C19H20N2O6. The molecule has 0 fully saturated rings. The number of benzene rings is 1. The van der Waals surface area contributed by atoms with Gasteiger partial charge in [-0.25, -0.2) is 9.59 Å². The Morgan fingerprint density at radius 3 is 1.93 bits per heavy atom. The van der Waals surface area contributed by atoms with Crippen molar-refractivity contribution < 1.29 is 24.0 Å². The standard InChI is InChI=1S/C19H20N2O6/c1-5-26-18(22)15-11(3)20-12(4)16(19(23)27-6-2)17(15)13-9-7-8-10-14(13)21(24)25/h7-10H,5-6H2,1-4H3. The van der Waals surface area contributed by atoms with E-state index in [2.05, 4.69) is 4.98 Å². The number of aryl methyl sites for hydroxylation is 2. The second-order valence-electron chi connectivity index (χ2n) is 5.62. The Kier molecular flexibility index (Phi) is 6.23. The van der Waals surface area contributed by atoms with Crippen LogP contribution in [0, 0.1) is 24.0 Å². The molecule has 142 valence electrons. The van der Waals surface area contributed by atoms with E-state index in [1.165, 1.54) is 18.2 Å². The Balaban J connectivity index is 2.96. The van der Waals surface area contributed by atoms with Gasteiger partial charge < -0.3 is 9.47 Å². The third-order valence-electron chi connectivity index (χ3n) is 3.89. The van der Waals surface area contributed by atoms with E-state index in [0.29, 0.717) is 11.4 Å². The van der Waals surface area contributed by atoms with Crippen molar-refractivity contribution in [1.82, 2.24) is 4.98 Å². The fraction of sp³-hybridized carbons (Fsp3) is 0.316. The van der Waals surface area contributed by atoms with Crippen molar-refractivity contribution in [1.29, 1.82) is 0 Å². The van der Waals surface area contributed by atoms with Crippen LogP contribution in [-0.2, 0) is 9.47 Å². The Morgan fingerprint density at radius 2 is 1.48 bits per heavy atom. The highest BCUT2D eigenvalue weighted by atomic mass is 16.6. The summed E-state index contributed by atoms with van der Waals surface area (Å²) in [5.74, 6) is -1.41.